The molecule has 3 nitrogen and oxygen atoms in total. The fraction of sp³-hybridized carbons (Fsp3) is 0.412. The molecule has 0 fully saturated rings. The second-order valence-electron chi connectivity index (χ2n) is 6.66. The van der Waals surface area contributed by atoms with E-state index in [1.807, 2.05) is 13.8 Å². The summed E-state index contributed by atoms with van der Waals surface area (Å²) < 4.78 is 14.1. The average molecular weight is 287 g/mol. The van der Waals surface area contributed by atoms with Crippen molar-refractivity contribution in [3.05, 3.63) is 46.9 Å². The van der Waals surface area contributed by atoms with Gasteiger partial charge in [0.05, 0.1) is 0 Å². The lowest BCUT2D eigenvalue weighted by Gasteiger charge is -2.37. The lowest BCUT2D eigenvalue weighted by molar-refractivity contribution is -0.122. The van der Waals surface area contributed by atoms with Crippen LogP contribution in [0.1, 0.15) is 44.6 Å². The number of benzene rings is 1. The summed E-state index contributed by atoms with van der Waals surface area (Å²) in [7, 11) is 0. The van der Waals surface area contributed by atoms with Gasteiger partial charge in [-0.05, 0) is 23.5 Å². The molecule has 21 heavy (non-hydrogen) atoms. The standard InChI is InChI=1S/C17H18FNO2/c1-17(2)8-13-16(14(20)9-17)11(7-15(21)19-13)10-5-3-4-6-12(10)18/h3-6,11H,7-9H2,1-2H3,(H,19,21)/t11-/m1/s1. The Kier molecular flexibility index (Phi) is 3.19. The fourth-order valence-electron chi connectivity index (χ4n) is 3.38. The number of hydrogen-bond donors (Lipinski definition) is 1. The van der Waals surface area contributed by atoms with Gasteiger partial charge >= 0.3 is 0 Å². The van der Waals surface area contributed by atoms with E-state index in [4.69, 9.17) is 0 Å². The minimum absolute atomic E-state index is 0.0227. The van der Waals surface area contributed by atoms with Gasteiger partial charge in [0.15, 0.2) is 5.78 Å². The van der Waals surface area contributed by atoms with Gasteiger partial charge in [0, 0.05) is 30.0 Å². The van der Waals surface area contributed by atoms with Crippen LogP contribution in [0.4, 0.5) is 4.39 Å². The van der Waals surface area contributed by atoms with Gasteiger partial charge < -0.3 is 5.32 Å². The quantitative estimate of drug-likeness (QED) is 0.863. The zero-order valence-electron chi connectivity index (χ0n) is 12.2. The van der Waals surface area contributed by atoms with Gasteiger partial charge in [0.25, 0.3) is 0 Å². The predicted molar refractivity (Wildman–Crippen MR) is 76.9 cm³/mol. The maximum Gasteiger partial charge on any atom is 0.225 e. The van der Waals surface area contributed by atoms with Crippen molar-refractivity contribution in [2.75, 3.05) is 0 Å². The van der Waals surface area contributed by atoms with Gasteiger partial charge in [0.2, 0.25) is 5.91 Å². The van der Waals surface area contributed by atoms with Crippen molar-refractivity contribution < 1.29 is 14.0 Å². The highest BCUT2D eigenvalue weighted by Gasteiger charge is 2.41. The summed E-state index contributed by atoms with van der Waals surface area (Å²) in [6.07, 6.45) is 1.21. The van der Waals surface area contributed by atoms with Crippen molar-refractivity contribution in [3.63, 3.8) is 0 Å². The summed E-state index contributed by atoms with van der Waals surface area (Å²) in [4.78, 5) is 24.5. The fourth-order valence-corrected chi connectivity index (χ4v) is 3.38. The molecule has 3 rings (SSSR count). The van der Waals surface area contributed by atoms with Crippen molar-refractivity contribution in [1.29, 1.82) is 0 Å². The van der Waals surface area contributed by atoms with Crippen LogP contribution in [0.2, 0.25) is 0 Å². The molecule has 0 unspecified atom stereocenters. The van der Waals surface area contributed by atoms with Crippen LogP contribution in [-0.4, -0.2) is 11.7 Å². The zero-order chi connectivity index (χ0) is 15.2. The van der Waals surface area contributed by atoms with Gasteiger partial charge in [-0.25, -0.2) is 4.39 Å². The molecule has 110 valence electrons. The third kappa shape index (κ3) is 2.50. The summed E-state index contributed by atoms with van der Waals surface area (Å²) in [5.74, 6) is -0.942. The Hall–Kier alpha value is -1.97. The van der Waals surface area contributed by atoms with Crippen molar-refractivity contribution in [2.45, 2.75) is 39.0 Å². The average Bonchev–Trinajstić information content (AvgIpc) is 2.36. The molecule has 0 bridgehead atoms. The molecular formula is C17H18FNO2. The third-order valence-corrected chi connectivity index (χ3v) is 4.23. The Labute approximate surface area is 123 Å². The van der Waals surface area contributed by atoms with E-state index in [1.54, 1.807) is 18.2 Å². The van der Waals surface area contributed by atoms with E-state index in [0.29, 0.717) is 29.7 Å². The number of nitrogens with one attached hydrogen (secondary N) is 1. The molecule has 1 aliphatic heterocycles. The second kappa shape index (κ2) is 4.79. The predicted octanol–water partition coefficient (Wildman–Crippen LogP) is 3.07. The van der Waals surface area contributed by atoms with E-state index < -0.39 is 5.92 Å². The highest BCUT2D eigenvalue weighted by Crippen LogP contribution is 2.44. The Morgan fingerprint density at radius 3 is 2.62 bits per heavy atom. The molecule has 0 radical (unpaired) electrons. The van der Waals surface area contributed by atoms with Crippen molar-refractivity contribution in [3.8, 4) is 0 Å². The van der Waals surface area contributed by atoms with E-state index in [-0.39, 0.29) is 29.3 Å². The molecule has 1 N–H and O–H groups in total. The summed E-state index contributed by atoms with van der Waals surface area (Å²) in [5, 5.41) is 2.82. The highest BCUT2D eigenvalue weighted by atomic mass is 19.1. The maximum absolute atomic E-state index is 14.1. The summed E-state index contributed by atoms with van der Waals surface area (Å²) in [6.45, 7) is 4.01. The van der Waals surface area contributed by atoms with E-state index in [9.17, 15) is 14.0 Å². The van der Waals surface area contributed by atoms with Crippen molar-refractivity contribution in [1.82, 2.24) is 5.32 Å². The number of carbonyl (C=O) groups excluding carboxylic acids is 2. The number of hydrogen-bond acceptors (Lipinski definition) is 2. The van der Waals surface area contributed by atoms with Gasteiger partial charge in [-0.3, -0.25) is 9.59 Å². The van der Waals surface area contributed by atoms with Crippen LogP contribution < -0.4 is 5.32 Å². The number of ketones is 1. The molecule has 1 aliphatic carbocycles. The molecule has 0 aromatic heterocycles. The lowest BCUT2D eigenvalue weighted by atomic mass is 9.70. The number of halogens is 1. The summed E-state index contributed by atoms with van der Waals surface area (Å²) in [5.41, 5.74) is 1.55. The smallest absolute Gasteiger partial charge is 0.225 e. The van der Waals surface area contributed by atoms with Gasteiger partial charge in [0.1, 0.15) is 5.82 Å². The molecular weight excluding hydrogens is 269 g/mol. The van der Waals surface area contributed by atoms with Gasteiger partial charge in [-0.2, -0.15) is 0 Å². The molecule has 0 saturated heterocycles. The number of allylic oxidation sites excluding steroid dienone is 2. The molecule has 2 aliphatic rings. The van der Waals surface area contributed by atoms with Crippen LogP contribution in [0.5, 0.6) is 0 Å². The van der Waals surface area contributed by atoms with E-state index in [0.717, 1.165) is 0 Å². The normalized spacial score (nSPS) is 24.6. The Morgan fingerprint density at radius 2 is 1.90 bits per heavy atom. The van der Waals surface area contributed by atoms with Gasteiger partial charge in [-0.1, -0.05) is 32.0 Å². The topological polar surface area (TPSA) is 46.2 Å². The second-order valence-corrected chi connectivity index (χ2v) is 6.66. The Bertz CT molecular complexity index is 661. The molecule has 1 aromatic rings. The Morgan fingerprint density at radius 1 is 1.19 bits per heavy atom. The number of amides is 1. The van der Waals surface area contributed by atoms with Crippen molar-refractivity contribution >= 4 is 11.7 Å². The number of rotatable bonds is 1. The minimum atomic E-state index is -0.460. The van der Waals surface area contributed by atoms with E-state index in [1.165, 1.54) is 6.07 Å². The van der Waals surface area contributed by atoms with Crippen LogP contribution in [0, 0.1) is 11.2 Å². The summed E-state index contributed by atoms with van der Waals surface area (Å²) >= 11 is 0. The zero-order valence-corrected chi connectivity index (χ0v) is 12.2. The van der Waals surface area contributed by atoms with E-state index >= 15 is 0 Å². The van der Waals surface area contributed by atoms with Crippen LogP contribution >= 0.6 is 0 Å². The molecule has 1 atom stereocenters. The highest BCUT2D eigenvalue weighted by molar-refractivity contribution is 6.02. The number of Topliss-reactive ketones (excluding diaryl/α,β-unsaturated/α-hetero) is 1. The van der Waals surface area contributed by atoms with E-state index in [2.05, 4.69) is 5.32 Å². The first-order valence-electron chi connectivity index (χ1n) is 7.18. The first-order chi connectivity index (χ1) is 9.87. The van der Waals surface area contributed by atoms with Crippen LogP contribution in [-0.2, 0) is 9.59 Å². The first kappa shape index (κ1) is 14.0. The molecule has 0 spiro atoms. The SMILES string of the molecule is CC1(C)CC(=O)C2=C(C1)NC(=O)C[C@@H]2c1ccccc1F. The molecule has 1 heterocycles. The third-order valence-electron chi connectivity index (χ3n) is 4.23. The van der Waals surface area contributed by atoms with Crippen LogP contribution in [0.15, 0.2) is 35.5 Å². The van der Waals surface area contributed by atoms with Crippen LogP contribution in [0.3, 0.4) is 0 Å². The minimum Gasteiger partial charge on any atom is -0.329 e. The monoisotopic (exact) mass is 287 g/mol. The largest absolute Gasteiger partial charge is 0.329 e. The Balaban J connectivity index is 2.11. The molecule has 1 amide bonds. The molecule has 4 heteroatoms. The number of carbonyl (C=O) groups is 2. The van der Waals surface area contributed by atoms with Crippen molar-refractivity contribution in [2.24, 2.45) is 5.41 Å². The molecule has 1 aromatic carbocycles. The summed E-state index contributed by atoms with van der Waals surface area (Å²) in [6, 6.07) is 6.39. The lowest BCUT2D eigenvalue weighted by Crippen LogP contribution is -2.40. The van der Waals surface area contributed by atoms with Crippen LogP contribution in [0.25, 0.3) is 0 Å². The maximum atomic E-state index is 14.1. The first-order valence-corrected chi connectivity index (χ1v) is 7.18. The van der Waals surface area contributed by atoms with Gasteiger partial charge in [-0.15, -0.1) is 0 Å². The molecule has 0 saturated carbocycles.